The third-order valence-electron chi connectivity index (χ3n) is 3.58. The van der Waals surface area contributed by atoms with Crippen molar-refractivity contribution in [2.75, 3.05) is 6.61 Å². The van der Waals surface area contributed by atoms with Gasteiger partial charge in [0.25, 0.3) is 5.91 Å². The Bertz CT molecular complexity index is 711. The van der Waals surface area contributed by atoms with E-state index in [0.717, 1.165) is 11.1 Å². The maximum atomic E-state index is 11.9. The second-order valence-corrected chi connectivity index (χ2v) is 6.13. The van der Waals surface area contributed by atoms with Crippen molar-refractivity contribution < 1.29 is 14.3 Å². The van der Waals surface area contributed by atoms with Crippen LogP contribution in [0.25, 0.3) is 0 Å². The first-order valence-corrected chi connectivity index (χ1v) is 8.12. The van der Waals surface area contributed by atoms with Gasteiger partial charge >= 0.3 is 5.97 Å². The van der Waals surface area contributed by atoms with E-state index in [1.165, 1.54) is 0 Å². The lowest BCUT2D eigenvalue weighted by atomic mass is 10.0. The molecule has 5 heteroatoms. The first-order valence-electron chi connectivity index (χ1n) is 7.74. The number of carbonyl (C=O) groups is 2. The van der Waals surface area contributed by atoms with Gasteiger partial charge in [-0.1, -0.05) is 55.8 Å². The summed E-state index contributed by atoms with van der Waals surface area (Å²) in [5.74, 6) is -0.495. The summed E-state index contributed by atoms with van der Waals surface area (Å²) in [4.78, 5) is 23.7. The van der Waals surface area contributed by atoms with Crippen molar-refractivity contribution in [1.29, 1.82) is 0 Å². The molecule has 0 aliphatic carbocycles. The summed E-state index contributed by atoms with van der Waals surface area (Å²) in [5.41, 5.74) is 2.38. The van der Waals surface area contributed by atoms with Gasteiger partial charge in [0.15, 0.2) is 6.61 Å². The molecule has 0 aliphatic rings. The molecule has 1 N–H and O–H groups in total. The second kappa shape index (κ2) is 8.50. The Morgan fingerprint density at radius 3 is 2.38 bits per heavy atom. The molecule has 0 radical (unpaired) electrons. The maximum absolute atomic E-state index is 11.9. The maximum Gasteiger partial charge on any atom is 0.338 e. The molecule has 0 atom stereocenters. The third-order valence-corrected chi connectivity index (χ3v) is 3.95. The third kappa shape index (κ3) is 5.10. The quantitative estimate of drug-likeness (QED) is 0.807. The van der Waals surface area contributed by atoms with Crippen molar-refractivity contribution in [2.24, 2.45) is 0 Å². The lowest BCUT2D eigenvalue weighted by molar-refractivity contribution is -0.124. The molecule has 2 aromatic carbocycles. The predicted molar refractivity (Wildman–Crippen MR) is 94.1 cm³/mol. The number of carbonyl (C=O) groups excluding carboxylic acids is 2. The molecule has 4 nitrogen and oxygen atoms in total. The van der Waals surface area contributed by atoms with Gasteiger partial charge in [-0.25, -0.2) is 4.79 Å². The van der Waals surface area contributed by atoms with E-state index in [1.54, 1.807) is 18.2 Å². The molecular formula is C19H20ClNO3. The van der Waals surface area contributed by atoms with Crippen LogP contribution in [0.3, 0.4) is 0 Å². The summed E-state index contributed by atoms with van der Waals surface area (Å²) in [6.45, 7) is 4.13. The van der Waals surface area contributed by atoms with Gasteiger partial charge in [0.2, 0.25) is 0 Å². The highest BCUT2D eigenvalue weighted by molar-refractivity contribution is 6.31. The molecule has 0 unspecified atom stereocenters. The number of hydrogen-bond donors (Lipinski definition) is 1. The van der Waals surface area contributed by atoms with E-state index in [0.29, 0.717) is 23.0 Å². The zero-order chi connectivity index (χ0) is 17.5. The number of rotatable bonds is 6. The molecule has 2 rings (SSSR count). The van der Waals surface area contributed by atoms with Crippen molar-refractivity contribution in [1.82, 2.24) is 5.32 Å². The lowest BCUT2D eigenvalue weighted by Crippen LogP contribution is -2.28. The molecule has 126 valence electrons. The van der Waals surface area contributed by atoms with Crippen LogP contribution < -0.4 is 5.32 Å². The van der Waals surface area contributed by atoms with Gasteiger partial charge in [0.1, 0.15) is 0 Å². The number of benzene rings is 2. The summed E-state index contributed by atoms with van der Waals surface area (Å²) < 4.78 is 5.02. The predicted octanol–water partition coefficient (Wildman–Crippen LogP) is 3.94. The van der Waals surface area contributed by atoms with E-state index in [9.17, 15) is 9.59 Å². The molecule has 0 saturated heterocycles. The monoisotopic (exact) mass is 345 g/mol. The smallest absolute Gasteiger partial charge is 0.338 e. The van der Waals surface area contributed by atoms with Crippen LogP contribution in [0, 0.1) is 0 Å². The summed E-state index contributed by atoms with van der Waals surface area (Å²) in [5, 5.41) is 3.25. The Morgan fingerprint density at radius 2 is 1.75 bits per heavy atom. The Morgan fingerprint density at radius 1 is 1.08 bits per heavy atom. The number of nitrogens with one attached hydrogen (secondary N) is 1. The summed E-state index contributed by atoms with van der Waals surface area (Å²) in [7, 11) is 0. The van der Waals surface area contributed by atoms with Crippen LogP contribution in [0.4, 0.5) is 0 Å². The van der Waals surface area contributed by atoms with Crippen molar-refractivity contribution in [3.05, 3.63) is 70.2 Å². The Kier molecular flexibility index (Phi) is 6.38. The van der Waals surface area contributed by atoms with Gasteiger partial charge in [-0.05, 0) is 35.2 Å². The number of ether oxygens (including phenoxy) is 1. The van der Waals surface area contributed by atoms with Crippen molar-refractivity contribution >= 4 is 23.5 Å². The number of esters is 1. The standard InChI is InChI=1S/C19H20ClNO3/c1-13(2)14-7-9-15(10-8-14)19(23)24-12-18(22)21-11-16-5-3-4-6-17(16)20/h3-10,13H,11-12H2,1-2H3,(H,21,22). The minimum absolute atomic E-state index is 0.291. The summed E-state index contributed by atoms with van der Waals surface area (Å²) in [6, 6.07) is 14.4. The summed E-state index contributed by atoms with van der Waals surface area (Å²) in [6.07, 6.45) is 0. The molecular weight excluding hydrogens is 326 g/mol. The van der Waals surface area contributed by atoms with E-state index in [2.05, 4.69) is 19.2 Å². The molecule has 0 bridgehead atoms. The normalized spacial score (nSPS) is 10.5. The molecule has 2 aromatic rings. The van der Waals surface area contributed by atoms with Crippen LogP contribution in [0.1, 0.15) is 41.3 Å². The molecule has 0 fully saturated rings. The first kappa shape index (κ1) is 18.0. The molecule has 24 heavy (non-hydrogen) atoms. The van der Waals surface area contributed by atoms with Gasteiger partial charge in [0.05, 0.1) is 5.56 Å². The second-order valence-electron chi connectivity index (χ2n) is 5.72. The van der Waals surface area contributed by atoms with Gasteiger partial charge in [-0.2, -0.15) is 0 Å². The molecule has 0 heterocycles. The summed E-state index contributed by atoms with van der Waals surface area (Å²) >= 11 is 6.01. The van der Waals surface area contributed by atoms with Crippen molar-refractivity contribution in [3.63, 3.8) is 0 Å². The van der Waals surface area contributed by atoms with Crippen LogP contribution >= 0.6 is 11.6 Å². The van der Waals surface area contributed by atoms with Crippen LogP contribution in [-0.4, -0.2) is 18.5 Å². The minimum atomic E-state index is -0.516. The fourth-order valence-electron chi connectivity index (χ4n) is 2.11. The molecule has 0 saturated carbocycles. The lowest BCUT2D eigenvalue weighted by Gasteiger charge is -2.09. The van der Waals surface area contributed by atoms with Crippen LogP contribution in [0.2, 0.25) is 5.02 Å². The fourth-order valence-corrected chi connectivity index (χ4v) is 2.31. The topological polar surface area (TPSA) is 55.4 Å². The number of amides is 1. The van der Waals surface area contributed by atoms with Crippen LogP contribution in [0.5, 0.6) is 0 Å². The number of hydrogen-bond acceptors (Lipinski definition) is 3. The average Bonchev–Trinajstić information content (AvgIpc) is 2.59. The molecule has 0 spiro atoms. The fraction of sp³-hybridized carbons (Fsp3) is 0.263. The Labute approximate surface area is 146 Å². The van der Waals surface area contributed by atoms with Crippen molar-refractivity contribution in [2.45, 2.75) is 26.3 Å². The SMILES string of the molecule is CC(C)c1ccc(C(=O)OCC(=O)NCc2ccccc2Cl)cc1. The highest BCUT2D eigenvalue weighted by Crippen LogP contribution is 2.15. The van der Waals surface area contributed by atoms with Gasteiger partial charge < -0.3 is 10.1 Å². The number of halogens is 1. The minimum Gasteiger partial charge on any atom is -0.452 e. The highest BCUT2D eigenvalue weighted by Gasteiger charge is 2.11. The largest absolute Gasteiger partial charge is 0.452 e. The Balaban J connectivity index is 1.80. The molecule has 0 aliphatic heterocycles. The van der Waals surface area contributed by atoms with E-state index in [4.69, 9.17) is 16.3 Å². The van der Waals surface area contributed by atoms with E-state index in [-0.39, 0.29) is 12.5 Å². The average molecular weight is 346 g/mol. The first-order chi connectivity index (χ1) is 11.5. The molecule has 0 aromatic heterocycles. The van der Waals surface area contributed by atoms with Crippen molar-refractivity contribution in [3.8, 4) is 0 Å². The van der Waals surface area contributed by atoms with Crippen LogP contribution in [0.15, 0.2) is 48.5 Å². The van der Waals surface area contributed by atoms with Gasteiger partial charge in [-0.3, -0.25) is 4.79 Å². The zero-order valence-corrected chi connectivity index (χ0v) is 14.5. The van der Waals surface area contributed by atoms with Gasteiger partial charge in [0, 0.05) is 11.6 Å². The van der Waals surface area contributed by atoms with Crippen LogP contribution in [-0.2, 0) is 16.1 Å². The van der Waals surface area contributed by atoms with E-state index in [1.807, 2.05) is 30.3 Å². The Hall–Kier alpha value is -2.33. The van der Waals surface area contributed by atoms with Gasteiger partial charge in [-0.15, -0.1) is 0 Å². The van der Waals surface area contributed by atoms with E-state index < -0.39 is 5.97 Å². The van der Waals surface area contributed by atoms with E-state index >= 15 is 0 Å². The molecule has 1 amide bonds. The zero-order valence-electron chi connectivity index (χ0n) is 13.7. The highest BCUT2D eigenvalue weighted by atomic mass is 35.5.